The molecule has 102 valence electrons. The van der Waals surface area contributed by atoms with Crippen molar-refractivity contribution in [2.45, 2.75) is 25.4 Å². The molecule has 1 fully saturated rings. The Morgan fingerprint density at radius 1 is 1.72 bits per heavy atom. The Kier molecular flexibility index (Phi) is 4.91. The maximum Gasteiger partial charge on any atom is 0.0948 e. The van der Waals surface area contributed by atoms with E-state index in [2.05, 4.69) is 9.55 Å². The van der Waals surface area contributed by atoms with E-state index < -0.39 is 10.8 Å². The van der Waals surface area contributed by atoms with Gasteiger partial charge < -0.3 is 15.0 Å². The first-order valence-corrected chi connectivity index (χ1v) is 8.04. The van der Waals surface area contributed by atoms with Crippen molar-refractivity contribution < 1.29 is 8.95 Å². The Labute approximate surface area is 110 Å². The molecule has 1 aliphatic rings. The third kappa shape index (κ3) is 3.40. The molecular weight excluding hydrogens is 250 g/mol. The molecule has 1 aromatic heterocycles. The summed E-state index contributed by atoms with van der Waals surface area (Å²) in [5, 5.41) is 0. The van der Waals surface area contributed by atoms with Gasteiger partial charge in [0.25, 0.3) is 0 Å². The lowest BCUT2D eigenvalue weighted by atomic mass is 9.97. The summed E-state index contributed by atoms with van der Waals surface area (Å²) in [5.74, 6) is 1.11. The van der Waals surface area contributed by atoms with Crippen molar-refractivity contribution in [3.8, 4) is 0 Å². The minimum absolute atomic E-state index is 0.0119. The van der Waals surface area contributed by atoms with E-state index in [-0.39, 0.29) is 6.04 Å². The average molecular weight is 271 g/mol. The first-order chi connectivity index (χ1) is 8.68. The molecule has 1 aromatic rings. The van der Waals surface area contributed by atoms with Crippen LogP contribution < -0.4 is 5.73 Å². The second-order valence-corrected chi connectivity index (χ2v) is 6.35. The monoisotopic (exact) mass is 271 g/mol. The first-order valence-electron chi connectivity index (χ1n) is 6.32. The Bertz CT molecular complexity index is 402. The highest BCUT2D eigenvalue weighted by molar-refractivity contribution is 7.84. The molecule has 5 nitrogen and oxygen atoms in total. The molecule has 0 bridgehead atoms. The third-order valence-corrected chi connectivity index (χ3v) is 4.25. The fourth-order valence-electron chi connectivity index (χ4n) is 2.31. The maximum absolute atomic E-state index is 11.0. The minimum Gasteiger partial charge on any atom is -0.381 e. The quantitative estimate of drug-likeness (QED) is 0.826. The van der Waals surface area contributed by atoms with Gasteiger partial charge in [-0.1, -0.05) is 0 Å². The highest BCUT2D eigenvalue weighted by Crippen LogP contribution is 2.26. The van der Waals surface area contributed by atoms with Crippen molar-refractivity contribution in [3.05, 3.63) is 18.2 Å². The number of hydrogen-bond acceptors (Lipinski definition) is 4. The highest BCUT2D eigenvalue weighted by atomic mass is 32.2. The topological polar surface area (TPSA) is 70.1 Å². The highest BCUT2D eigenvalue weighted by Gasteiger charge is 2.26. The third-order valence-electron chi connectivity index (χ3n) is 3.39. The van der Waals surface area contributed by atoms with Gasteiger partial charge in [0.15, 0.2) is 0 Å². The van der Waals surface area contributed by atoms with Crippen molar-refractivity contribution in [3.63, 3.8) is 0 Å². The van der Waals surface area contributed by atoms with Crippen LogP contribution in [0.5, 0.6) is 0 Å². The Balaban J connectivity index is 1.95. The molecule has 0 saturated carbocycles. The van der Waals surface area contributed by atoms with Crippen LogP contribution in [0.1, 0.15) is 24.6 Å². The molecule has 18 heavy (non-hydrogen) atoms. The largest absolute Gasteiger partial charge is 0.381 e. The van der Waals surface area contributed by atoms with Crippen molar-refractivity contribution >= 4 is 10.8 Å². The normalized spacial score (nSPS) is 23.1. The van der Waals surface area contributed by atoms with Crippen molar-refractivity contribution in [2.75, 3.05) is 25.2 Å². The molecule has 3 atom stereocenters. The summed E-state index contributed by atoms with van der Waals surface area (Å²) < 4.78 is 18.5. The molecule has 0 aromatic carbocycles. The van der Waals surface area contributed by atoms with Crippen LogP contribution >= 0.6 is 0 Å². The molecule has 0 amide bonds. The van der Waals surface area contributed by atoms with Gasteiger partial charge in [-0.25, -0.2) is 4.98 Å². The Morgan fingerprint density at radius 3 is 3.22 bits per heavy atom. The van der Waals surface area contributed by atoms with Gasteiger partial charge in [-0.3, -0.25) is 4.21 Å². The Morgan fingerprint density at radius 2 is 2.56 bits per heavy atom. The minimum atomic E-state index is -0.731. The van der Waals surface area contributed by atoms with Crippen LogP contribution in [0.25, 0.3) is 0 Å². The number of nitrogens with two attached hydrogens (primary N) is 1. The molecule has 0 aliphatic carbocycles. The van der Waals surface area contributed by atoms with Crippen LogP contribution in [0.4, 0.5) is 0 Å². The summed E-state index contributed by atoms with van der Waals surface area (Å²) >= 11 is 0. The van der Waals surface area contributed by atoms with Gasteiger partial charge in [0, 0.05) is 48.1 Å². The van der Waals surface area contributed by atoms with Crippen molar-refractivity contribution in [2.24, 2.45) is 11.7 Å². The van der Waals surface area contributed by atoms with Gasteiger partial charge in [-0.15, -0.1) is 0 Å². The number of ether oxygens (including phenoxy) is 1. The lowest BCUT2D eigenvalue weighted by molar-refractivity contribution is 0.180. The van der Waals surface area contributed by atoms with Crippen molar-refractivity contribution in [1.82, 2.24) is 9.55 Å². The maximum atomic E-state index is 11.0. The van der Waals surface area contributed by atoms with Gasteiger partial charge >= 0.3 is 0 Å². The zero-order valence-corrected chi connectivity index (χ0v) is 11.6. The van der Waals surface area contributed by atoms with Crippen molar-refractivity contribution in [1.29, 1.82) is 0 Å². The second kappa shape index (κ2) is 6.45. The number of rotatable bonds is 6. The van der Waals surface area contributed by atoms with E-state index in [4.69, 9.17) is 10.5 Å². The van der Waals surface area contributed by atoms with E-state index in [9.17, 15) is 4.21 Å². The number of imidazole rings is 1. The summed E-state index contributed by atoms with van der Waals surface area (Å²) in [6.07, 6.45) is 7.29. The zero-order valence-electron chi connectivity index (χ0n) is 10.7. The summed E-state index contributed by atoms with van der Waals surface area (Å²) in [5.41, 5.74) is 7.34. The van der Waals surface area contributed by atoms with Gasteiger partial charge in [0.05, 0.1) is 24.7 Å². The number of nitrogens with zero attached hydrogens (tertiary/aromatic N) is 2. The molecule has 0 spiro atoms. The number of aromatic nitrogens is 2. The molecule has 1 aliphatic heterocycles. The van der Waals surface area contributed by atoms with Crippen LogP contribution in [0.15, 0.2) is 12.5 Å². The SMILES string of the molecule is CS(=O)CCCn1cncc1C(N)C1CCOC1. The van der Waals surface area contributed by atoms with E-state index in [0.717, 1.165) is 44.0 Å². The summed E-state index contributed by atoms with van der Waals surface area (Å²) in [6.45, 7) is 2.38. The van der Waals surface area contributed by atoms with E-state index in [0.29, 0.717) is 5.92 Å². The van der Waals surface area contributed by atoms with Gasteiger partial charge in [-0.2, -0.15) is 0 Å². The molecule has 1 saturated heterocycles. The second-order valence-electron chi connectivity index (χ2n) is 4.79. The van der Waals surface area contributed by atoms with Gasteiger partial charge in [-0.05, 0) is 12.8 Å². The lowest BCUT2D eigenvalue weighted by Gasteiger charge is -2.19. The van der Waals surface area contributed by atoms with E-state index in [1.165, 1.54) is 0 Å². The van der Waals surface area contributed by atoms with E-state index in [1.54, 1.807) is 6.26 Å². The van der Waals surface area contributed by atoms with Crippen LogP contribution in [0, 0.1) is 5.92 Å². The molecule has 3 unspecified atom stereocenters. The summed E-state index contributed by atoms with van der Waals surface area (Å²) in [7, 11) is -0.731. The zero-order chi connectivity index (χ0) is 13.0. The summed E-state index contributed by atoms with van der Waals surface area (Å²) in [4.78, 5) is 4.18. The molecule has 2 heterocycles. The molecule has 2 N–H and O–H groups in total. The Hall–Kier alpha value is -0.720. The van der Waals surface area contributed by atoms with E-state index in [1.807, 2.05) is 12.5 Å². The van der Waals surface area contributed by atoms with E-state index >= 15 is 0 Å². The fourth-order valence-corrected chi connectivity index (χ4v) is 2.85. The van der Waals surface area contributed by atoms with Crippen LogP contribution in [-0.4, -0.2) is 39.0 Å². The van der Waals surface area contributed by atoms with Gasteiger partial charge in [0.1, 0.15) is 0 Å². The number of hydrogen-bond donors (Lipinski definition) is 1. The molecule has 2 rings (SSSR count). The first kappa shape index (κ1) is 13.7. The molecular formula is C12H21N3O2S. The van der Waals surface area contributed by atoms with Gasteiger partial charge in [0.2, 0.25) is 0 Å². The van der Waals surface area contributed by atoms with Crippen LogP contribution in [0.3, 0.4) is 0 Å². The number of aryl methyl sites for hydroxylation is 1. The predicted molar refractivity (Wildman–Crippen MR) is 71.6 cm³/mol. The fraction of sp³-hybridized carbons (Fsp3) is 0.750. The predicted octanol–water partition coefficient (Wildman–Crippen LogP) is 0.688. The molecule has 6 heteroatoms. The molecule has 0 radical (unpaired) electrons. The average Bonchev–Trinajstić information content (AvgIpc) is 2.98. The lowest BCUT2D eigenvalue weighted by Crippen LogP contribution is -2.24. The summed E-state index contributed by atoms with van der Waals surface area (Å²) in [6, 6.07) is -0.0119. The van der Waals surface area contributed by atoms with Crippen LogP contribution in [0.2, 0.25) is 0 Å². The van der Waals surface area contributed by atoms with Crippen LogP contribution in [-0.2, 0) is 22.1 Å². The standard InChI is InChI=1S/C12H21N3O2S/c1-18(16)6-2-4-15-9-14-7-11(15)12(13)10-3-5-17-8-10/h7,9-10,12H,2-6,8,13H2,1H3. The smallest absolute Gasteiger partial charge is 0.0948 e.